The van der Waals surface area contributed by atoms with Crippen molar-refractivity contribution in [2.24, 2.45) is 0 Å². The largest absolute Gasteiger partial charge is 0.281 e. The molecule has 1 aromatic heterocycles. The van der Waals surface area contributed by atoms with E-state index in [0.717, 1.165) is 32.9 Å². The van der Waals surface area contributed by atoms with E-state index in [0.29, 0.717) is 17.0 Å². The number of alkyl halides is 1. The number of fused-ring (bicyclic) bond motifs is 3. The number of rotatable bonds is 2. The van der Waals surface area contributed by atoms with Gasteiger partial charge in [-0.3, -0.25) is 4.57 Å². The molecule has 0 spiro atoms. The highest BCUT2D eigenvalue weighted by molar-refractivity contribution is 14.1. The van der Waals surface area contributed by atoms with Gasteiger partial charge in [0.25, 0.3) is 0 Å². The average Bonchev–Trinajstić information content (AvgIpc) is 2.93. The lowest BCUT2D eigenvalue weighted by Gasteiger charge is -2.15. The van der Waals surface area contributed by atoms with Gasteiger partial charge in [0.15, 0.2) is 0 Å². The average molecular weight is 452 g/mol. The molecule has 3 nitrogen and oxygen atoms in total. The van der Waals surface area contributed by atoms with Crippen molar-refractivity contribution in [3.63, 3.8) is 0 Å². The summed E-state index contributed by atoms with van der Waals surface area (Å²) >= 11 is 8.50. The van der Waals surface area contributed by atoms with E-state index >= 15 is 0 Å². The molecule has 0 aliphatic carbocycles. The topological polar surface area (TPSA) is 30.7 Å². The zero-order valence-electron chi connectivity index (χ0n) is 12.5. The molecule has 3 aromatic rings. The summed E-state index contributed by atoms with van der Waals surface area (Å²) in [7, 11) is 0. The molecule has 0 unspecified atom stereocenters. The molecule has 0 fully saturated rings. The van der Waals surface area contributed by atoms with E-state index in [2.05, 4.69) is 32.8 Å². The summed E-state index contributed by atoms with van der Waals surface area (Å²) < 4.78 is 17.2. The third-order valence-corrected chi connectivity index (χ3v) is 4.98. The quantitative estimate of drug-likeness (QED) is 0.406. The summed E-state index contributed by atoms with van der Waals surface area (Å²) in [6, 6.07) is 12.5. The first kappa shape index (κ1) is 15.8. The maximum atomic E-state index is 14.4. The predicted octanol–water partition coefficient (Wildman–Crippen LogP) is 4.98. The van der Waals surface area contributed by atoms with Crippen molar-refractivity contribution in [2.45, 2.75) is 10.8 Å². The van der Waals surface area contributed by atoms with E-state index < -0.39 is 0 Å². The van der Waals surface area contributed by atoms with Gasteiger partial charge < -0.3 is 0 Å². The minimum absolute atomic E-state index is 0.249. The fourth-order valence-electron chi connectivity index (χ4n) is 3.01. The van der Waals surface area contributed by atoms with Crippen LogP contribution in [0.3, 0.4) is 0 Å². The van der Waals surface area contributed by atoms with Crippen LogP contribution >= 0.6 is 34.2 Å². The first-order valence-electron chi connectivity index (χ1n) is 7.43. The molecule has 6 heteroatoms. The molecule has 0 N–H and O–H groups in total. The number of benzene rings is 2. The van der Waals surface area contributed by atoms with Gasteiger partial charge in [-0.15, -0.1) is 10.2 Å². The van der Waals surface area contributed by atoms with E-state index in [9.17, 15) is 4.39 Å². The van der Waals surface area contributed by atoms with Crippen LogP contribution < -0.4 is 0 Å². The third kappa shape index (κ3) is 2.56. The molecule has 2 aromatic carbocycles. The Kier molecular flexibility index (Phi) is 4.14. The molecule has 4 rings (SSSR count). The Labute approximate surface area is 157 Å². The van der Waals surface area contributed by atoms with Crippen molar-refractivity contribution in [3.8, 4) is 5.69 Å². The van der Waals surface area contributed by atoms with Gasteiger partial charge in [-0.25, -0.2) is 4.39 Å². The zero-order chi connectivity index (χ0) is 16.7. The highest BCUT2D eigenvalue weighted by Gasteiger charge is 2.22. The lowest BCUT2D eigenvalue weighted by atomic mass is 9.95. The van der Waals surface area contributed by atoms with Crippen molar-refractivity contribution in [2.75, 3.05) is 0 Å². The van der Waals surface area contributed by atoms with Gasteiger partial charge in [0.05, 0.1) is 10.1 Å². The van der Waals surface area contributed by atoms with Crippen LogP contribution in [0.1, 0.15) is 22.8 Å². The Hall–Kier alpha value is -1.73. The number of hydrogen-bond donors (Lipinski definition) is 0. The summed E-state index contributed by atoms with van der Waals surface area (Å²) in [5.74, 6) is 1.47. The van der Waals surface area contributed by atoms with Gasteiger partial charge in [-0.2, -0.15) is 0 Å². The highest BCUT2D eigenvalue weighted by atomic mass is 127. The van der Waals surface area contributed by atoms with Gasteiger partial charge in [0, 0.05) is 22.6 Å². The Bertz CT molecular complexity index is 965. The molecular formula is C18H12ClFIN3. The van der Waals surface area contributed by atoms with E-state index in [4.69, 9.17) is 11.6 Å². The molecule has 2 heterocycles. The number of hydrogen-bond acceptors (Lipinski definition) is 2. The van der Waals surface area contributed by atoms with Gasteiger partial charge >= 0.3 is 0 Å². The van der Waals surface area contributed by atoms with Gasteiger partial charge in [0.1, 0.15) is 17.5 Å². The van der Waals surface area contributed by atoms with Crippen LogP contribution in [0.15, 0.2) is 48.5 Å². The van der Waals surface area contributed by atoms with E-state index in [1.54, 1.807) is 12.1 Å². The molecule has 120 valence electrons. The first-order valence-corrected chi connectivity index (χ1v) is 9.34. The molecule has 0 radical (unpaired) electrons. The molecule has 0 atom stereocenters. The highest BCUT2D eigenvalue weighted by Crippen LogP contribution is 2.35. The molecule has 0 saturated carbocycles. The second-order valence-corrected chi connectivity index (χ2v) is 6.66. The van der Waals surface area contributed by atoms with Crippen molar-refractivity contribution in [1.29, 1.82) is 0 Å². The first-order chi connectivity index (χ1) is 11.7. The summed E-state index contributed by atoms with van der Waals surface area (Å²) in [4.78, 5) is 0. The van der Waals surface area contributed by atoms with Crippen molar-refractivity contribution in [1.82, 2.24) is 14.8 Å². The summed E-state index contributed by atoms with van der Waals surface area (Å²) in [6.07, 6.45) is 2.58. The van der Waals surface area contributed by atoms with Gasteiger partial charge in [0.2, 0.25) is 0 Å². The van der Waals surface area contributed by atoms with E-state index in [1.165, 1.54) is 6.07 Å². The van der Waals surface area contributed by atoms with Crippen LogP contribution in [0, 0.1) is 5.82 Å². The maximum absolute atomic E-state index is 14.4. The minimum Gasteiger partial charge on any atom is -0.281 e. The Morgan fingerprint density at radius 1 is 1.12 bits per heavy atom. The number of aromatic nitrogens is 3. The Morgan fingerprint density at radius 3 is 2.75 bits per heavy atom. The van der Waals surface area contributed by atoms with Crippen LogP contribution in [-0.2, 0) is 10.8 Å². The second-order valence-electron chi connectivity index (χ2n) is 5.46. The summed E-state index contributed by atoms with van der Waals surface area (Å²) in [5.41, 5.74) is 3.21. The van der Waals surface area contributed by atoms with Crippen LogP contribution in [-0.4, -0.2) is 14.8 Å². The predicted molar refractivity (Wildman–Crippen MR) is 101 cm³/mol. The second kappa shape index (κ2) is 6.29. The SMILES string of the molecule is Fc1ccccc1C1=CCc2nnc(CI)n2-c2ccc(Cl)cc21. The Balaban J connectivity index is 2.01. The van der Waals surface area contributed by atoms with Crippen molar-refractivity contribution in [3.05, 3.63) is 82.2 Å². The fraction of sp³-hybridized carbons (Fsp3) is 0.111. The van der Waals surface area contributed by atoms with E-state index in [1.807, 2.05) is 34.9 Å². The number of halogens is 3. The Morgan fingerprint density at radius 2 is 1.96 bits per heavy atom. The normalized spacial score (nSPS) is 13.0. The van der Waals surface area contributed by atoms with Crippen LogP contribution in [0.2, 0.25) is 5.02 Å². The van der Waals surface area contributed by atoms with Crippen molar-refractivity contribution >= 4 is 39.8 Å². The van der Waals surface area contributed by atoms with Gasteiger partial charge in [-0.05, 0) is 29.8 Å². The van der Waals surface area contributed by atoms with E-state index in [-0.39, 0.29) is 5.82 Å². The molecule has 0 amide bonds. The molecule has 1 aliphatic heterocycles. The number of allylic oxidation sites excluding steroid dienone is 1. The molecule has 1 aliphatic rings. The van der Waals surface area contributed by atoms with Crippen molar-refractivity contribution < 1.29 is 4.39 Å². The lowest BCUT2D eigenvalue weighted by Crippen LogP contribution is -2.05. The van der Waals surface area contributed by atoms with Gasteiger partial charge in [-0.1, -0.05) is 58.5 Å². The maximum Gasteiger partial charge on any atom is 0.147 e. The summed E-state index contributed by atoms with van der Waals surface area (Å²) in [6.45, 7) is 0. The molecule has 24 heavy (non-hydrogen) atoms. The summed E-state index contributed by atoms with van der Waals surface area (Å²) in [5, 5.41) is 9.17. The zero-order valence-corrected chi connectivity index (χ0v) is 15.4. The monoisotopic (exact) mass is 451 g/mol. The minimum atomic E-state index is -0.249. The lowest BCUT2D eigenvalue weighted by molar-refractivity contribution is 0.624. The standard InChI is InChI=1S/C18H12ClFIN3/c19-11-5-7-16-14(9-11)12(13-3-1-2-4-15(13)20)6-8-17-22-23-18(10-21)24(16)17/h1-7,9H,8,10H2. The fourth-order valence-corrected chi connectivity index (χ4v) is 3.67. The molecular weight excluding hydrogens is 440 g/mol. The van der Waals surface area contributed by atoms with Crippen LogP contribution in [0.25, 0.3) is 11.3 Å². The molecule has 0 saturated heterocycles. The number of nitrogens with zero attached hydrogens (tertiary/aromatic N) is 3. The smallest absolute Gasteiger partial charge is 0.147 e. The molecule has 0 bridgehead atoms. The van der Waals surface area contributed by atoms with Crippen LogP contribution in [0.5, 0.6) is 0 Å². The van der Waals surface area contributed by atoms with Crippen LogP contribution in [0.4, 0.5) is 4.39 Å². The third-order valence-electron chi connectivity index (χ3n) is 4.06.